The number of nitrogens with zero attached hydrogens (tertiary/aromatic N) is 1. The number of fused-ring (bicyclic) bond motifs is 1. The molecule has 1 aromatic heterocycles. The van der Waals surface area contributed by atoms with Gasteiger partial charge in [0.2, 0.25) is 0 Å². The molecule has 0 radical (unpaired) electrons. The molecule has 2 aromatic carbocycles. The van der Waals surface area contributed by atoms with Crippen molar-refractivity contribution < 1.29 is 28.6 Å². The smallest absolute Gasteiger partial charge is 0.296 e. The van der Waals surface area contributed by atoms with Gasteiger partial charge in [-0.1, -0.05) is 38.1 Å². The molecule has 1 atom stereocenters. The average Bonchev–Trinajstić information content (AvgIpc) is 3.46. The fourth-order valence-electron chi connectivity index (χ4n) is 4.37. The standard InChI is InChI=1S/C27H25NO6/c1-16(2)17-5-7-18(8-6-17)24-23(26(30)27(31)28(24)15-20-4-3-11-32-20)25(29)19-9-10-21-22(14-19)34-13-12-33-21/h3-11,14,16,24,29H,12-13,15H2,1-2H3/b25-23+/t24-/m0/s1. The van der Waals surface area contributed by atoms with E-state index in [0.717, 1.165) is 11.1 Å². The Morgan fingerprint density at radius 3 is 2.44 bits per heavy atom. The molecule has 5 rings (SSSR count). The predicted octanol–water partition coefficient (Wildman–Crippen LogP) is 4.80. The van der Waals surface area contributed by atoms with Crippen LogP contribution in [0.15, 0.2) is 70.9 Å². The summed E-state index contributed by atoms with van der Waals surface area (Å²) in [5.41, 5.74) is 2.28. The number of hydrogen-bond acceptors (Lipinski definition) is 6. The third-order valence-corrected chi connectivity index (χ3v) is 6.18. The summed E-state index contributed by atoms with van der Waals surface area (Å²) >= 11 is 0. The first-order chi connectivity index (χ1) is 16.4. The summed E-state index contributed by atoms with van der Waals surface area (Å²) in [5, 5.41) is 11.3. The summed E-state index contributed by atoms with van der Waals surface area (Å²) < 4.78 is 16.6. The first-order valence-electron chi connectivity index (χ1n) is 11.2. The number of furan rings is 1. The fourth-order valence-corrected chi connectivity index (χ4v) is 4.37. The SMILES string of the molecule is CC(C)c1ccc([C@H]2/C(=C(\O)c3ccc4c(c3)OCCO4)C(=O)C(=O)N2Cc2ccco2)cc1. The van der Waals surface area contributed by atoms with Crippen LogP contribution in [0.4, 0.5) is 0 Å². The van der Waals surface area contributed by atoms with Crippen molar-refractivity contribution in [2.45, 2.75) is 32.4 Å². The van der Waals surface area contributed by atoms with Gasteiger partial charge < -0.3 is 23.9 Å². The second-order valence-electron chi connectivity index (χ2n) is 8.69. The molecule has 1 amide bonds. The van der Waals surface area contributed by atoms with Gasteiger partial charge >= 0.3 is 0 Å². The number of carbonyl (C=O) groups is 2. The molecule has 3 aromatic rings. The lowest BCUT2D eigenvalue weighted by Crippen LogP contribution is -2.29. The van der Waals surface area contributed by atoms with Gasteiger partial charge in [0.15, 0.2) is 11.5 Å². The predicted molar refractivity (Wildman–Crippen MR) is 125 cm³/mol. The van der Waals surface area contributed by atoms with E-state index in [1.165, 1.54) is 11.2 Å². The van der Waals surface area contributed by atoms with Gasteiger partial charge in [-0.15, -0.1) is 0 Å². The Balaban J connectivity index is 1.62. The van der Waals surface area contributed by atoms with E-state index in [1.807, 2.05) is 24.3 Å². The van der Waals surface area contributed by atoms with E-state index in [4.69, 9.17) is 13.9 Å². The fraction of sp³-hybridized carbons (Fsp3) is 0.259. The van der Waals surface area contributed by atoms with E-state index in [-0.39, 0.29) is 17.9 Å². The molecule has 1 fully saturated rings. The van der Waals surface area contributed by atoms with E-state index < -0.39 is 17.7 Å². The number of aliphatic hydroxyl groups is 1. The van der Waals surface area contributed by atoms with Crippen molar-refractivity contribution in [2.75, 3.05) is 13.2 Å². The zero-order chi connectivity index (χ0) is 23.8. The van der Waals surface area contributed by atoms with Gasteiger partial charge in [0.05, 0.1) is 24.4 Å². The molecule has 7 heteroatoms. The van der Waals surface area contributed by atoms with E-state index in [2.05, 4.69) is 13.8 Å². The second kappa shape index (κ2) is 8.74. The molecule has 34 heavy (non-hydrogen) atoms. The van der Waals surface area contributed by atoms with Crippen LogP contribution < -0.4 is 9.47 Å². The van der Waals surface area contributed by atoms with Crippen LogP contribution in [0.5, 0.6) is 11.5 Å². The van der Waals surface area contributed by atoms with Crippen molar-refractivity contribution in [2.24, 2.45) is 0 Å². The number of ketones is 1. The number of benzene rings is 2. The van der Waals surface area contributed by atoms with Gasteiger partial charge in [-0.3, -0.25) is 9.59 Å². The van der Waals surface area contributed by atoms with Crippen LogP contribution in [0.25, 0.3) is 5.76 Å². The number of carbonyl (C=O) groups excluding carboxylic acids is 2. The maximum Gasteiger partial charge on any atom is 0.296 e. The van der Waals surface area contributed by atoms with Crippen LogP contribution in [-0.4, -0.2) is 34.9 Å². The van der Waals surface area contributed by atoms with Gasteiger partial charge in [0.1, 0.15) is 24.7 Å². The van der Waals surface area contributed by atoms with Crippen molar-refractivity contribution in [3.63, 3.8) is 0 Å². The Morgan fingerprint density at radius 2 is 1.76 bits per heavy atom. The highest BCUT2D eigenvalue weighted by atomic mass is 16.6. The second-order valence-corrected chi connectivity index (χ2v) is 8.69. The molecule has 1 saturated heterocycles. The minimum atomic E-state index is -0.764. The Morgan fingerprint density at radius 1 is 1.03 bits per heavy atom. The van der Waals surface area contributed by atoms with Crippen molar-refractivity contribution in [3.8, 4) is 11.5 Å². The molecule has 174 valence electrons. The van der Waals surface area contributed by atoms with Crippen molar-refractivity contribution >= 4 is 17.4 Å². The molecule has 0 aliphatic carbocycles. The number of likely N-dealkylation sites (tertiary alicyclic amines) is 1. The molecule has 0 unspecified atom stereocenters. The van der Waals surface area contributed by atoms with Gasteiger partial charge in [0.25, 0.3) is 11.7 Å². The first kappa shape index (κ1) is 21.8. The van der Waals surface area contributed by atoms with Gasteiger partial charge in [-0.25, -0.2) is 0 Å². The van der Waals surface area contributed by atoms with E-state index in [1.54, 1.807) is 30.3 Å². The third kappa shape index (κ3) is 3.83. The monoisotopic (exact) mass is 459 g/mol. The minimum Gasteiger partial charge on any atom is -0.507 e. The normalized spacial score (nSPS) is 19.1. The topological polar surface area (TPSA) is 89.2 Å². The maximum atomic E-state index is 13.2. The summed E-state index contributed by atoms with van der Waals surface area (Å²) in [7, 11) is 0. The summed E-state index contributed by atoms with van der Waals surface area (Å²) in [6.07, 6.45) is 1.52. The van der Waals surface area contributed by atoms with Crippen molar-refractivity contribution in [3.05, 3.63) is 88.9 Å². The summed E-state index contributed by atoms with van der Waals surface area (Å²) in [6, 6.07) is 15.5. The lowest BCUT2D eigenvalue weighted by molar-refractivity contribution is -0.140. The number of hydrogen-bond donors (Lipinski definition) is 1. The molecule has 2 aliphatic heterocycles. The number of Topliss-reactive ketones (excluding diaryl/α,β-unsaturated/α-hetero) is 1. The molecule has 0 bridgehead atoms. The first-order valence-corrected chi connectivity index (χ1v) is 11.2. The highest BCUT2D eigenvalue weighted by Gasteiger charge is 2.46. The van der Waals surface area contributed by atoms with E-state index in [9.17, 15) is 14.7 Å². The molecular formula is C27H25NO6. The number of rotatable bonds is 5. The molecule has 2 aliphatic rings. The van der Waals surface area contributed by atoms with E-state index in [0.29, 0.717) is 42.0 Å². The maximum absolute atomic E-state index is 13.2. The number of amides is 1. The minimum absolute atomic E-state index is 0.0329. The summed E-state index contributed by atoms with van der Waals surface area (Å²) in [5.74, 6) is 0.256. The molecular weight excluding hydrogens is 434 g/mol. The highest BCUT2D eigenvalue weighted by Crippen LogP contribution is 2.42. The van der Waals surface area contributed by atoms with Crippen LogP contribution in [0, 0.1) is 0 Å². The average molecular weight is 459 g/mol. The third-order valence-electron chi connectivity index (χ3n) is 6.18. The molecule has 0 saturated carbocycles. The van der Waals surface area contributed by atoms with Crippen molar-refractivity contribution in [1.82, 2.24) is 4.90 Å². The summed E-state index contributed by atoms with van der Waals surface area (Å²) in [6.45, 7) is 5.14. The van der Waals surface area contributed by atoms with E-state index >= 15 is 0 Å². The van der Waals surface area contributed by atoms with Crippen LogP contribution in [0.1, 0.15) is 48.3 Å². The van der Waals surface area contributed by atoms with Gasteiger partial charge in [-0.05, 0) is 47.4 Å². The van der Waals surface area contributed by atoms with Crippen LogP contribution in [0.3, 0.4) is 0 Å². The Labute approximate surface area is 197 Å². The largest absolute Gasteiger partial charge is 0.507 e. The van der Waals surface area contributed by atoms with Crippen LogP contribution >= 0.6 is 0 Å². The Kier molecular flexibility index (Phi) is 5.61. The lowest BCUT2D eigenvalue weighted by Gasteiger charge is -2.25. The number of ether oxygens (including phenoxy) is 2. The Hall–Kier alpha value is -4.00. The highest BCUT2D eigenvalue weighted by molar-refractivity contribution is 6.46. The van der Waals surface area contributed by atoms with Crippen molar-refractivity contribution in [1.29, 1.82) is 0 Å². The molecule has 3 heterocycles. The zero-order valence-electron chi connectivity index (χ0n) is 19.0. The van der Waals surface area contributed by atoms with Crippen LogP contribution in [-0.2, 0) is 16.1 Å². The van der Waals surface area contributed by atoms with Gasteiger partial charge in [0, 0.05) is 5.56 Å². The zero-order valence-corrected chi connectivity index (χ0v) is 19.0. The van der Waals surface area contributed by atoms with Crippen LogP contribution in [0.2, 0.25) is 0 Å². The quantitative estimate of drug-likeness (QED) is 0.335. The van der Waals surface area contributed by atoms with Gasteiger partial charge in [-0.2, -0.15) is 0 Å². The Bertz CT molecular complexity index is 1260. The molecule has 0 spiro atoms. The molecule has 7 nitrogen and oxygen atoms in total. The molecule has 1 N–H and O–H groups in total. The lowest BCUT2D eigenvalue weighted by atomic mass is 9.93. The number of aliphatic hydroxyl groups excluding tert-OH is 1. The summed E-state index contributed by atoms with van der Waals surface area (Å²) in [4.78, 5) is 27.8.